The molecule has 1 aromatic carbocycles. The number of halogens is 1. The first-order chi connectivity index (χ1) is 10.1. The SMILES string of the molecule is Cc1c(Cl)cccc1C(=O)N1CCCC2(CCCNC2)C1. The van der Waals surface area contributed by atoms with Crippen molar-refractivity contribution in [2.24, 2.45) is 5.41 Å². The third-order valence-electron chi connectivity index (χ3n) is 5.01. The molecule has 0 aromatic heterocycles. The average molecular weight is 307 g/mol. The van der Waals surface area contributed by atoms with Crippen LogP contribution >= 0.6 is 11.6 Å². The van der Waals surface area contributed by atoms with Gasteiger partial charge in [-0.3, -0.25) is 4.79 Å². The van der Waals surface area contributed by atoms with Crippen LogP contribution in [0, 0.1) is 12.3 Å². The second kappa shape index (κ2) is 5.98. The molecule has 21 heavy (non-hydrogen) atoms. The van der Waals surface area contributed by atoms with Gasteiger partial charge in [0.25, 0.3) is 5.91 Å². The van der Waals surface area contributed by atoms with Crippen LogP contribution < -0.4 is 5.32 Å². The number of hydrogen-bond donors (Lipinski definition) is 1. The summed E-state index contributed by atoms with van der Waals surface area (Å²) in [6.45, 7) is 5.84. The number of hydrogen-bond acceptors (Lipinski definition) is 2. The van der Waals surface area contributed by atoms with E-state index in [-0.39, 0.29) is 5.91 Å². The summed E-state index contributed by atoms with van der Waals surface area (Å²) in [5.74, 6) is 0.139. The van der Waals surface area contributed by atoms with Crippen molar-refractivity contribution in [2.45, 2.75) is 32.6 Å². The Morgan fingerprint density at radius 3 is 2.90 bits per heavy atom. The summed E-state index contributed by atoms with van der Waals surface area (Å²) in [6, 6.07) is 5.60. The molecule has 0 bridgehead atoms. The van der Waals surface area contributed by atoms with E-state index < -0.39 is 0 Å². The van der Waals surface area contributed by atoms with Gasteiger partial charge in [-0.1, -0.05) is 17.7 Å². The standard InChI is InChI=1S/C17H23ClN2O/c1-13-14(5-2-6-15(13)18)16(21)20-10-4-8-17(12-20)7-3-9-19-11-17/h2,5-6,19H,3-4,7-12H2,1H3. The van der Waals surface area contributed by atoms with Crippen LogP contribution in [-0.4, -0.2) is 37.0 Å². The first kappa shape index (κ1) is 14.9. The highest BCUT2D eigenvalue weighted by molar-refractivity contribution is 6.31. The number of amides is 1. The van der Waals surface area contributed by atoms with Crippen LogP contribution in [0.15, 0.2) is 18.2 Å². The van der Waals surface area contributed by atoms with Gasteiger partial charge in [0.1, 0.15) is 0 Å². The van der Waals surface area contributed by atoms with Gasteiger partial charge >= 0.3 is 0 Å². The van der Waals surface area contributed by atoms with Crippen LogP contribution in [0.4, 0.5) is 0 Å². The highest BCUT2D eigenvalue weighted by Crippen LogP contribution is 2.36. The van der Waals surface area contributed by atoms with Crippen LogP contribution in [0.25, 0.3) is 0 Å². The lowest BCUT2D eigenvalue weighted by Crippen LogP contribution is -2.52. The molecule has 2 heterocycles. The lowest BCUT2D eigenvalue weighted by molar-refractivity contribution is 0.0433. The van der Waals surface area contributed by atoms with Crippen LogP contribution in [-0.2, 0) is 0 Å². The molecule has 1 aromatic rings. The first-order valence-corrected chi connectivity index (χ1v) is 8.24. The molecule has 0 saturated carbocycles. The molecule has 1 spiro atoms. The fourth-order valence-electron chi connectivity index (χ4n) is 3.77. The smallest absolute Gasteiger partial charge is 0.254 e. The predicted octanol–water partition coefficient (Wildman–Crippen LogP) is 3.25. The zero-order valence-corrected chi connectivity index (χ0v) is 13.4. The molecule has 2 aliphatic rings. The third-order valence-corrected chi connectivity index (χ3v) is 5.42. The van der Waals surface area contributed by atoms with Crippen molar-refractivity contribution >= 4 is 17.5 Å². The molecule has 1 amide bonds. The molecule has 2 aliphatic heterocycles. The highest BCUT2D eigenvalue weighted by Gasteiger charge is 2.38. The van der Waals surface area contributed by atoms with Crippen molar-refractivity contribution in [2.75, 3.05) is 26.2 Å². The summed E-state index contributed by atoms with van der Waals surface area (Å²) >= 11 is 6.16. The summed E-state index contributed by atoms with van der Waals surface area (Å²) in [5.41, 5.74) is 1.94. The van der Waals surface area contributed by atoms with Crippen molar-refractivity contribution in [3.05, 3.63) is 34.3 Å². The summed E-state index contributed by atoms with van der Waals surface area (Å²) in [4.78, 5) is 14.9. The van der Waals surface area contributed by atoms with Crippen molar-refractivity contribution in [3.8, 4) is 0 Å². The molecule has 2 saturated heterocycles. The zero-order valence-electron chi connectivity index (χ0n) is 12.6. The van der Waals surface area contributed by atoms with E-state index in [0.29, 0.717) is 10.4 Å². The Hall–Kier alpha value is -1.06. The Bertz CT molecular complexity index is 532. The summed E-state index contributed by atoms with van der Waals surface area (Å²) in [6.07, 6.45) is 4.79. The van der Waals surface area contributed by atoms with Gasteiger partial charge < -0.3 is 10.2 Å². The number of carbonyl (C=O) groups is 1. The van der Waals surface area contributed by atoms with E-state index in [1.807, 2.05) is 30.0 Å². The lowest BCUT2D eigenvalue weighted by atomic mass is 9.74. The Morgan fingerprint density at radius 1 is 1.33 bits per heavy atom. The monoisotopic (exact) mass is 306 g/mol. The van der Waals surface area contributed by atoms with E-state index in [2.05, 4.69) is 5.32 Å². The maximum Gasteiger partial charge on any atom is 0.254 e. The van der Waals surface area contributed by atoms with Gasteiger partial charge in [-0.2, -0.15) is 0 Å². The Labute approximate surface area is 131 Å². The van der Waals surface area contributed by atoms with E-state index in [4.69, 9.17) is 11.6 Å². The minimum absolute atomic E-state index is 0.139. The predicted molar refractivity (Wildman–Crippen MR) is 85.9 cm³/mol. The molecule has 3 nitrogen and oxygen atoms in total. The number of nitrogens with zero attached hydrogens (tertiary/aromatic N) is 1. The molecular weight excluding hydrogens is 284 g/mol. The van der Waals surface area contributed by atoms with Gasteiger partial charge in [-0.25, -0.2) is 0 Å². The van der Waals surface area contributed by atoms with Gasteiger partial charge in [0.15, 0.2) is 0 Å². The van der Waals surface area contributed by atoms with Crippen molar-refractivity contribution in [1.29, 1.82) is 0 Å². The van der Waals surface area contributed by atoms with E-state index in [1.165, 1.54) is 19.3 Å². The van der Waals surface area contributed by atoms with Gasteiger partial charge in [-0.05, 0) is 56.8 Å². The molecule has 1 unspecified atom stereocenters. The summed E-state index contributed by atoms with van der Waals surface area (Å²) in [5, 5.41) is 4.18. The van der Waals surface area contributed by atoms with Crippen molar-refractivity contribution < 1.29 is 4.79 Å². The minimum atomic E-state index is 0.139. The molecule has 2 fully saturated rings. The van der Waals surface area contributed by atoms with Gasteiger partial charge in [0.05, 0.1) is 0 Å². The second-order valence-electron chi connectivity index (χ2n) is 6.52. The normalized spacial score (nSPS) is 26.1. The number of rotatable bonds is 1. The van der Waals surface area contributed by atoms with E-state index >= 15 is 0 Å². The zero-order chi connectivity index (χ0) is 14.9. The number of carbonyl (C=O) groups excluding carboxylic acids is 1. The van der Waals surface area contributed by atoms with E-state index in [9.17, 15) is 4.79 Å². The third kappa shape index (κ3) is 2.95. The molecule has 3 rings (SSSR count). The average Bonchev–Trinajstić information content (AvgIpc) is 2.50. The molecular formula is C17H23ClN2O. The van der Waals surface area contributed by atoms with Crippen LogP contribution in [0.2, 0.25) is 5.02 Å². The Balaban J connectivity index is 1.79. The Morgan fingerprint density at radius 2 is 2.14 bits per heavy atom. The van der Waals surface area contributed by atoms with Gasteiger partial charge in [0.2, 0.25) is 0 Å². The van der Waals surface area contributed by atoms with Crippen LogP contribution in [0.5, 0.6) is 0 Å². The summed E-state index contributed by atoms with van der Waals surface area (Å²) in [7, 11) is 0. The van der Waals surface area contributed by atoms with Gasteiger partial charge in [-0.15, -0.1) is 0 Å². The first-order valence-electron chi connectivity index (χ1n) is 7.86. The quantitative estimate of drug-likeness (QED) is 0.864. The van der Waals surface area contributed by atoms with Crippen LogP contribution in [0.1, 0.15) is 41.6 Å². The second-order valence-corrected chi connectivity index (χ2v) is 6.93. The van der Waals surface area contributed by atoms with E-state index in [1.54, 1.807) is 0 Å². The van der Waals surface area contributed by atoms with Gasteiger partial charge in [0, 0.05) is 35.6 Å². The molecule has 4 heteroatoms. The van der Waals surface area contributed by atoms with E-state index in [0.717, 1.165) is 43.7 Å². The largest absolute Gasteiger partial charge is 0.338 e. The fraction of sp³-hybridized carbons (Fsp3) is 0.588. The lowest BCUT2D eigenvalue weighted by Gasteiger charge is -2.45. The number of likely N-dealkylation sites (tertiary alicyclic amines) is 1. The fourth-order valence-corrected chi connectivity index (χ4v) is 3.94. The molecule has 0 aliphatic carbocycles. The number of piperidine rings is 2. The molecule has 1 atom stereocenters. The van der Waals surface area contributed by atoms with Crippen molar-refractivity contribution in [3.63, 3.8) is 0 Å². The molecule has 0 radical (unpaired) electrons. The maximum absolute atomic E-state index is 12.8. The van der Waals surface area contributed by atoms with Crippen LogP contribution in [0.3, 0.4) is 0 Å². The number of benzene rings is 1. The highest BCUT2D eigenvalue weighted by atomic mass is 35.5. The summed E-state index contributed by atoms with van der Waals surface area (Å²) < 4.78 is 0. The molecule has 114 valence electrons. The maximum atomic E-state index is 12.8. The Kier molecular flexibility index (Phi) is 4.23. The molecule has 1 N–H and O–H groups in total. The topological polar surface area (TPSA) is 32.3 Å². The number of nitrogens with one attached hydrogen (secondary N) is 1. The van der Waals surface area contributed by atoms with Crippen molar-refractivity contribution in [1.82, 2.24) is 10.2 Å². The minimum Gasteiger partial charge on any atom is -0.338 e.